The number of aryl methyl sites for hydroxylation is 1. The second kappa shape index (κ2) is 3.61. The molecule has 0 bridgehead atoms. The Kier molecular flexibility index (Phi) is 2.46. The summed E-state index contributed by atoms with van der Waals surface area (Å²) in [7, 11) is 0. The van der Waals surface area contributed by atoms with Gasteiger partial charge in [-0.1, -0.05) is 11.6 Å². The van der Waals surface area contributed by atoms with E-state index in [4.69, 9.17) is 16.7 Å². The molecule has 0 saturated heterocycles. The molecular formula is C9H11ClN2O2. The van der Waals surface area contributed by atoms with Crippen molar-refractivity contribution in [2.24, 2.45) is 0 Å². The van der Waals surface area contributed by atoms with E-state index in [9.17, 15) is 4.79 Å². The molecule has 1 aliphatic rings. The van der Waals surface area contributed by atoms with Crippen LogP contribution in [0.15, 0.2) is 0 Å². The highest BCUT2D eigenvalue weighted by atomic mass is 35.5. The molecule has 5 heteroatoms. The van der Waals surface area contributed by atoms with Crippen LogP contribution in [0.4, 0.5) is 0 Å². The smallest absolute Gasteiger partial charge is 0.303 e. The molecule has 0 aliphatic carbocycles. The second-order valence-corrected chi connectivity index (χ2v) is 3.77. The average molecular weight is 215 g/mol. The van der Waals surface area contributed by atoms with Crippen LogP contribution in [0, 0.1) is 0 Å². The zero-order valence-corrected chi connectivity index (χ0v) is 8.42. The third kappa shape index (κ3) is 1.62. The van der Waals surface area contributed by atoms with Gasteiger partial charge in [-0.3, -0.25) is 4.79 Å². The van der Waals surface area contributed by atoms with Crippen molar-refractivity contribution in [1.82, 2.24) is 9.55 Å². The van der Waals surface area contributed by atoms with Gasteiger partial charge in [0.05, 0.1) is 12.1 Å². The van der Waals surface area contributed by atoms with E-state index >= 15 is 0 Å². The molecule has 0 radical (unpaired) electrons. The number of imidazole rings is 1. The van der Waals surface area contributed by atoms with Gasteiger partial charge in [-0.15, -0.1) is 0 Å². The minimum absolute atomic E-state index is 0.116. The van der Waals surface area contributed by atoms with Gasteiger partial charge < -0.3 is 9.67 Å². The van der Waals surface area contributed by atoms with Gasteiger partial charge in [-0.2, -0.15) is 0 Å². The fourth-order valence-corrected chi connectivity index (χ4v) is 2.11. The lowest BCUT2D eigenvalue weighted by Gasteiger charge is -2.02. The predicted octanol–water partition coefficient (Wildman–Crippen LogP) is 1.50. The van der Waals surface area contributed by atoms with Crippen LogP contribution in [0.3, 0.4) is 0 Å². The molecule has 0 atom stereocenters. The second-order valence-electron chi connectivity index (χ2n) is 3.41. The van der Waals surface area contributed by atoms with E-state index < -0.39 is 5.97 Å². The fourth-order valence-electron chi connectivity index (χ4n) is 1.82. The Morgan fingerprint density at radius 3 is 3.14 bits per heavy atom. The summed E-state index contributed by atoms with van der Waals surface area (Å²) in [5.41, 5.74) is 0.876. The van der Waals surface area contributed by atoms with Crippen LogP contribution < -0.4 is 0 Å². The van der Waals surface area contributed by atoms with Crippen molar-refractivity contribution < 1.29 is 9.90 Å². The van der Waals surface area contributed by atoms with E-state index in [-0.39, 0.29) is 6.42 Å². The van der Waals surface area contributed by atoms with Crippen LogP contribution in [0.5, 0.6) is 0 Å². The van der Waals surface area contributed by atoms with Crippen molar-refractivity contribution in [3.8, 4) is 0 Å². The minimum atomic E-state index is -0.797. The standard InChI is InChI=1S/C9H11ClN2O2/c10-9-6(3-4-8(13)14)12-5-1-2-7(12)11-9/h1-5H2,(H,13,14). The average Bonchev–Trinajstić information content (AvgIpc) is 2.61. The summed E-state index contributed by atoms with van der Waals surface area (Å²) in [6.07, 6.45) is 2.62. The quantitative estimate of drug-likeness (QED) is 0.830. The zero-order chi connectivity index (χ0) is 10.1. The minimum Gasteiger partial charge on any atom is -0.481 e. The van der Waals surface area contributed by atoms with Gasteiger partial charge in [-0.05, 0) is 6.42 Å². The normalized spacial score (nSPS) is 14.4. The lowest BCUT2D eigenvalue weighted by molar-refractivity contribution is -0.136. The lowest BCUT2D eigenvalue weighted by Crippen LogP contribution is -2.04. The first-order valence-corrected chi connectivity index (χ1v) is 5.02. The van der Waals surface area contributed by atoms with Crippen molar-refractivity contribution in [2.45, 2.75) is 32.2 Å². The lowest BCUT2D eigenvalue weighted by atomic mass is 10.2. The van der Waals surface area contributed by atoms with E-state index in [0.717, 1.165) is 30.9 Å². The largest absolute Gasteiger partial charge is 0.481 e. The highest BCUT2D eigenvalue weighted by Gasteiger charge is 2.19. The molecule has 4 nitrogen and oxygen atoms in total. The SMILES string of the molecule is O=C(O)CCc1c(Cl)nc2n1CCC2. The molecule has 0 aromatic carbocycles. The van der Waals surface area contributed by atoms with Crippen molar-refractivity contribution in [2.75, 3.05) is 0 Å². The van der Waals surface area contributed by atoms with E-state index in [1.54, 1.807) is 0 Å². The highest BCUT2D eigenvalue weighted by Crippen LogP contribution is 2.24. The molecule has 0 unspecified atom stereocenters. The molecule has 0 saturated carbocycles. The van der Waals surface area contributed by atoms with Gasteiger partial charge in [0.25, 0.3) is 0 Å². The molecule has 2 rings (SSSR count). The number of carboxylic acid groups (broad SMARTS) is 1. The van der Waals surface area contributed by atoms with Gasteiger partial charge in [0.1, 0.15) is 5.82 Å². The monoisotopic (exact) mass is 214 g/mol. The van der Waals surface area contributed by atoms with Crippen LogP contribution in [0.2, 0.25) is 5.15 Å². The molecule has 2 heterocycles. The van der Waals surface area contributed by atoms with Crippen LogP contribution in [0.25, 0.3) is 0 Å². The molecule has 1 aromatic rings. The summed E-state index contributed by atoms with van der Waals surface area (Å²) in [6.45, 7) is 0.921. The van der Waals surface area contributed by atoms with Crippen molar-refractivity contribution in [1.29, 1.82) is 0 Å². The van der Waals surface area contributed by atoms with Crippen LogP contribution in [-0.4, -0.2) is 20.6 Å². The first-order valence-electron chi connectivity index (χ1n) is 4.64. The maximum Gasteiger partial charge on any atom is 0.303 e. The topological polar surface area (TPSA) is 55.1 Å². The molecule has 1 N–H and O–H groups in total. The number of fused-ring (bicyclic) bond motifs is 1. The Balaban J connectivity index is 2.20. The number of carbonyl (C=O) groups is 1. The summed E-state index contributed by atoms with van der Waals surface area (Å²) >= 11 is 5.92. The molecule has 76 valence electrons. The maximum absolute atomic E-state index is 10.4. The van der Waals surface area contributed by atoms with Crippen molar-refractivity contribution in [3.05, 3.63) is 16.7 Å². The Morgan fingerprint density at radius 2 is 2.43 bits per heavy atom. The Hall–Kier alpha value is -1.03. The summed E-state index contributed by atoms with van der Waals surface area (Å²) < 4.78 is 2.05. The Labute approximate surface area is 86.5 Å². The van der Waals surface area contributed by atoms with Crippen LogP contribution >= 0.6 is 11.6 Å². The molecular weight excluding hydrogens is 204 g/mol. The summed E-state index contributed by atoms with van der Waals surface area (Å²) in [5, 5.41) is 9.05. The molecule has 14 heavy (non-hydrogen) atoms. The van der Waals surface area contributed by atoms with Crippen LogP contribution in [-0.2, 0) is 24.2 Å². The van der Waals surface area contributed by atoms with Gasteiger partial charge in [0, 0.05) is 19.4 Å². The van der Waals surface area contributed by atoms with E-state index in [0.29, 0.717) is 11.6 Å². The van der Waals surface area contributed by atoms with Gasteiger partial charge in [-0.25, -0.2) is 4.98 Å². The number of rotatable bonds is 3. The first-order chi connectivity index (χ1) is 6.68. The number of aliphatic carboxylic acids is 1. The van der Waals surface area contributed by atoms with Crippen LogP contribution in [0.1, 0.15) is 24.4 Å². The molecule has 1 aliphatic heterocycles. The number of hydrogen-bond donors (Lipinski definition) is 1. The number of carboxylic acids is 1. The Bertz CT molecular complexity index is 373. The molecule has 0 fully saturated rings. The molecule has 0 spiro atoms. The number of halogens is 1. The fraction of sp³-hybridized carbons (Fsp3) is 0.556. The summed E-state index contributed by atoms with van der Waals surface area (Å²) in [6, 6.07) is 0. The van der Waals surface area contributed by atoms with Gasteiger partial charge >= 0.3 is 5.97 Å². The molecule has 0 amide bonds. The zero-order valence-electron chi connectivity index (χ0n) is 7.66. The van der Waals surface area contributed by atoms with Crippen molar-refractivity contribution >= 4 is 17.6 Å². The number of aromatic nitrogens is 2. The summed E-state index contributed by atoms with van der Waals surface area (Å²) in [5.74, 6) is 0.199. The maximum atomic E-state index is 10.4. The third-order valence-corrected chi connectivity index (χ3v) is 2.76. The van der Waals surface area contributed by atoms with E-state index in [1.165, 1.54) is 0 Å². The number of nitrogens with zero attached hydrogens (tertiary/aromatic N) is 2. The van der Waals surface area contributed by atoms with Gasteiger partial charge in [0.2, 0.25) is 0 Å². The number of hydrogen-bond acceptors (Lipinski definition) is 2. The molecule has 1 aromatic heterocycles. The predicted molar refractivity (Wildman–Crippen MR) is 51.5 cm³/mol. The van der Waals surface area contributed by atoms with Gasteiger partial charge in [0.15, 0.2) is 5.15 Å². The highest BCUT2D eigenvalue weighted by molar-refractivity contribution is 6.30. The summed E-state index contributed by atoms with van der Waals surface area (Å²) in [4.78, 5) is 14.6. The third-order valence-electron chi connectivity index (χ3n) is 2.46. The van der Waals surface area contributed by atoms with E-state index in [1.807, 2.05) is 4.57 Å². The first kappa shape index (κ1) is 9.52. The Morgan fingerprint density at radius 1 is 1.64 bits per heavy atom. The van der Waals surface area contributed by atoms with Crippen molar-refractivity contribution in [3.63, 3.8) is 0 Å². The van der Waals surface area contributed by atoms with E-state index in [2.05, 4.69) is 4.98 Å².